The van der Waals surface area contributed by atoms with Gasteiger partial charge in [-0.15, -0.1) is 0 Å². The van der Waals surface area contributed by atoms with Crippen LogP contribution in [0.15, 0.2) is 73.1 Å². The second-order valence-electron chi connectivity index (χ2n) is 20.0. The Bertz CT molecular complexity index is 3030. The topological polar surface area (TPSA) is 198 Å². The van der Waals surface area contributed by atoms with Gasteiger partial charge >= 0.3 is 12.2 Å². The molecule has 2 saturated heterocycles. The van der Waals surface area contributed by atoms with Crippen LogP contribution < -0.4 is 20.1 Å². The minimum atomic E-state index is -0.727. The zero-order valence-corrected chi connectivity index (χ0v) is 40.3. The van der Waals surface area contributed by atoms with Crippen LogP contribution in [-0.4, -0.2) is 104 Å². The number of nitrogens with one attached hydrogen (secondary N) is 4. The van der Waals surface area contributed by atoms with E-state index in [0.717, 1.165) is 100 Å². The number of rotatable bonds is 11. The number of methoxy groups -OCH3 is 2. The Hall–Kier alpha value is -7.30. The van der Waals surface area contributed by atoms with Gasteiger partial charge in [-0.3, -0.25) is 9.59 Å². The van der Waals surface area contributed by atoms with Crippen LogP contribution in [0.2, 0.25) is 0 Å². The summed E-state index contributed by atoms with van der Waals surface area (Å²) in [5, 5.41) is 6.51. The van der Waals surface area contributed by atoms with E-state index in [0.29, 0.717) is 30.6 Å². The largest absolute Gasteiger partial charge is 0.493 e. The third-order valence-corrected chi connectivity index (χ3v) is 14.9. The van der Waals surface area contributed by atoms with Gasteiger partial charge in [0, 0.05) is 40.2 Å². The number of piperidine rings is 1. The number of aryl methyl sites for hydroxylation is 1. The molecule has 70 heavy (non-hydrogen) atoms. The fourth-order valence-electron chi connectivity index (χ4n) is 11.1. The lowest BCUT2D eigenvalue weighted by Gasteiger charge is -2.31. The molecule has 364 valence electrons. The molecule has 3 unspecified atom stereocenters. The molecule has 0 spiro atoms. The fourth-order valence-corrected chi connectivity index (χ4v) is 11.1. The number of carbonyl (C=O) groups excluding carboxylic acids is 4. The Morgan fingerprint density at radius 1 is 0.757 bits per heavy atom. The molecule has 5 aliphatic rings. The van der Waals surface area contributed by atoms with Crippen molar-refractivity contribution in [2.75, 3.05) is 27.4 Å². The molecule has 0 bridgehead atoms. The average molecular weight is 950 g/mol. The summed E-state index contributed by atoms with van der Waals surface area (Å²) in [6.07, 6.45) is 7.14. The molecule has 3 aromatic heterocycles. The molecular formula is C53H59N9O8. The number of hydrogen-bond acceptors (Lipinski definition) is 10. The number of imidazole rings is 2. The van der Waals surface area contributed by atoms with Crippen molar-refractivity contribution in [2.45, 2.75) is 103 Å². The number of benzene rings is 3. The smallest absolute Gasteiger partial charge is 0.407 e. The Morgan fingerprint density at radius 2 is 1.44 bits per heavy atom. The highest BCUT2D eigenvalue weighted by Gasteiger charge is 2.56. The second-order valence-corrected chi connectivity index (χ2v) is 20.0. The molecular weight excluding hydrogens is 891 g/mol. The number of carbonyl (C=O) groups is 4. The van der Waals surface area contributed by atoms with Gasteiger partial charge in [0.25, 0.3) is 0 Å². The van der Waals surface area contributed by atoms with Gasteiger partial charge in [-0.2, -0.15) is 0 Å². The summed E-state index contributed by atoms with van der Waals surface area (Å²) in [6.45, 7) is 8.89. The summed E-state index contributed by atoms with van der Waals surface area (Å²) < 4.78 is 25.2. The van der Waals surface area contributed by atoms with Crippen molar-refractivity contribution in [1.29, 1.82) is 0 Å². The number of H-pyrrole nitrogens is 2. The van der Waals surface area contributed by atoms with Crippen LogP contribution in [0.25, 0.3) is 44.7 Å². The number of fused-ring (bicyclic) bond motifs is 7. The molecule has 3 fully saturated rings. The highest BCUT2D eigenvalue weighted by atomic mass is 16.5. The number of aromatic amines is 2. The van der Waals surface area contributed by atoms with E-state index >= 15 is 0 Å². The highest BCUT2D eigenvalue weighted by Crippen LogP contribution is 2.54. The molecule has 1 aliphatic carbocycles. The van der Waals surface area contributed by atoms with Crippen molar-refractivity contribution in [2.24, 2.45) is 17.8 Å². The summed E-state index contributed by atoms with van der Waals surface area (Å²) in [4.78, 5) is 72.9. The van der Waals surface area contributed by atoms with Crippen molar-refractivity contribution in [3.05, 3.63) is 95.8 Å². The average Bonchev–Trinajstić information content (AvgIpc) is 4.04. The number of likely N-dealkylation sites (tertiary alicyclic amines) is 2. The Kier molecular flexibility index (Phi) is 11.5. The molecule has 17 heteroatoms. The van der Waals surface area contributed by atoms with Gasteiger partial charge in [0.15, 0.2) is 0 Å². The molecule has 4 N–H and O–H groups in total. The summed E-state index contributed by atoms with van der Waals surface area (Å²) in [6, 6.07) is 19.4. The van der Waals surface area contributed by atoms with E-state index in [4.69, 9.17) is 28.9 Å². The first-order chi connectivity index (χ1) is 33.9. The maximum Gasteiger partial charge on any atom is 0.407 e. The molecule has 7 heterocycles. The van der Waals surface area contributed by atoms with E-state index in [2.05, 4.69) is 85.8 Å². The van der Waals surface area contributed by atoms with Crippen LogP contribution in [0.5, 0.6) is 11.5 Å². The Balaban J connectivity index is 0.909. The number of ether oxygens (including phenoxy) is 4. The maximum atomic E-state index is 14.1. The monoisotopic (exact) mass is 949 g/mol. The van der Waals surface area contributed by atoms with Crippen molar-refractivity contribution >= 4 is 34.9 Å². The van der Waals surface area contributed by atoms with Crippen molar-refractivity contribution in [3.8, 4) is 45.3 Å². The molecule has 3 aromatic carbocycles. The van der Waals surface area contributed by atoms with E-state index in [1.165, 1.54) is 19.8 Å². The van der Waals surface area contributed by atoms with Crippen molar-refractivity contribution in [1.82, 2.24) is 44.9 Å². The summed E-state index contributed by atoms with van der Waals surface area (Å²) >= 11 is 0. The van der Waals surface area contributed by atoms with Gasteiger partial charge in [-0.1, -0.05) is 52.0 Å². The first-order valence-corrected chi connectivity index (χ1v) is 24.5. The predicted octanol–water partition coefficient (Wildman–Crippen LogP) is 8.44. The van der Waals surface area contributed by atoms with Crippen LogP contribution in [0, 0.1) is 17.8 Å². The summed E-state index contributed by atoms with van der Waals surface area (Å²) in [5.41, 5.74) is 8.55. The van der Waals surface area contributed by atoms with Crippen LogP contribution in [0.1, 0.15) is 101 Å². The lowest BCUT2D eigenvalue weighted by Crippen LogP contribution is -2.52. The van der Waals surface area contributed by atoms with E-state index in [1.54, 1.807) is 6.20 Å². The molecule has 4 aliphatic heterocycles. The van der Waals surface area contributed by atoms with Gasteiger partial charge in [0.1, 0.15) is 35.2 Å². The molecule has 0 radical (unpaired) electrons. The van der Waals surface area contributed by atoms with Crippen LogP contribution >= 0.6 is 0 Å². The number of hydrogen-bond donors (Lipinski definition) is 4. The zero-order chi connectivity index (χ0) is 48.5. The predicted molar refractivity (Wildman–Crippen MR) is 260 cm³/mol. The Morgan fingerprint density at radius 3 is 2.16 bits per heavy atom. The van der Waals surface area contributed by atoms with Gasteiger partial charge in [0.05, 0.1) is 67.9 Å². The summed E-state index contributed by atoms with van der Waals surface area (Å²) in [5.74, 6) is 2.88. The number of aromatic nitrogens is 5. The highest BCUT2D eigenvalue weighted by molar-refractivity contribution is 5.93. The van der Waals surface area contributed by atoms with Crippen molar-refractivity contribution in [3.63, 3.8) is 0 Å². The van der Waals surface area contributed by atoms with Crippen LogP contribution in [0.4, 0.5) is 9.59 Å². The van der Waals surface area contributed by atoms with Crippen LogP contribution in [0.3, 0.4) is 0 Å². The third kappa shape index (κ3) is 7.98. The molecule has 17 nitrogen and oxygen atoms in total. The molecule has 1 saturated carbocycles. The first kappa shape index (κ1) is 45.2. The number of alkyl carbamates (subject to hydrolysis) is 2. The normalized spacial score (nSPS) is 21.8. The van der Waals surface area contributed by atoms with E-state index in [-0.39, 0.29) is 41.8 Å². The standard InChI is InChI=1S/C53H59N9O8/c1-27(2)45(58-52(65)67-5)49(63)60-17-7-10-39(60)47-54-26-37(56-47)31-13-15-35-41-21-33-19-30(14-16-38(33)62(41)51(70-44(35)23-31)32-12-11-29-9-8-18-69-43(29)24-32)36-25-55-48(57-36)42-22-34-20-40(34)61(42)50(64)46(28(3)4)59-53(66)68-6/h11-16,19,21,23-28,34,39-40,42,45-46,51H,7-10,17-18,20,22H2,1-6H3,(H,54,56)(H,55,57)(H,58,65)(H,59,66)/t34-,39+,40-,42+,45?,46?,51?/m1/s1. The third-order valence-electron chi connectivity index (χ3n) is 14.9. The van der Waals surface area contributed by atoms with Gasteiger partial charge in [-0.25, -0.2) is 19.6 Å². The minimum absolute atomic E-state index is 0.116. The van der Waals surface area contributed by atoms with Gasteiger partial charge in [-0.05, 0) is 98.2 Å². The minimum Gasteiger partial charge on any atom is -0.493 e. The van der Waals surface area contributed by atoms with E-state index in [1.807, 2.05) is 43.7 Å². The van der Waals surface area contributed by atoms with Gasteiger partial charge in [0.2, 0.25) is 18.0 Å². The SMILES string of the molecule is COC(=O)NC(C(=O)N1CCC[C@H]1c1ncc(-c2ccc3c(c2)OC(c2ccc4c(c2)OCCC4)n2c-3cc3cc(-c4cnc([C@@H]5C[C@H]6C[C@H]6N5C(=O)C(NC(=O)OC)C(C)C)[nH]4)ccc32)[nH]1)C(C)C. The molecule has 4 amide bonds. The Labute approximate surface area is 405 Å². The van der Waals surface area contributed by atoms with Crippen molar-refractivity contribution < 1.29 is 38.1 Å². The van der Waals surface area contributed by atoms with E-state index < -0.39 is 30.5 Å². The lowest BCUT2D eigenvalue weighted by atomic mass is 10.0. The number of nitrogens with zero attached hydrogens (tertiary/aromatic N) is 5. The molecule has 11 rings (SSSR count). The van der Waals surface area contributed by atoms with Gasteiger partial charge < -0.3 is 53.9 Å². The second kappa shape index (κ2) is 17.9. The fraction of sp³-hybridized carbons (Fsp3) is 0.434. The van der Waals surface area contributed by atoms with Crippen LogP contribution in [-0.2, 0) is 25.5 Å². The maximum absolute atomic E-state index is 14.1. The molecule has 6 aromatic rings. The van der Waals surface area contributed by atoms with E-state index in [9.17, 15) is 19.2 Å². The lowest BCUT2D eigenvalue weighted by molar-refractivity contribution is -0.137. The number of amides is 4. The quantitative estimate of drug-likeness (QED) is 0.0978. The summed E-state index contributed by atoms with van der Waals surface area (Å²) in [7, 11) is 2.60. The first-order valence-electron chi connectivity index (χ1n) is 24.5. The zero-order valence-electron chi connectivity index (χ0n) is 40.3. The molecule has 7 atom stereocenters.